The Bertz CT molecular complexity index is 1310. The van der Waals surface area contributed by atoms with Crippen LogP contribution in [0.4, 0.5) is 10.2 Å². The summed E-state index contributed by atoms with van der Waals surface area (Å²) >= 11 is 0. The summed E-state index contributed by atoms with van der Waals surface area (Å²) in [5.74, 6) is -1.79. The second-order valence-electron chi connectivity index (χ2n) is 8.24. The number of hydrogen-bond donors (Lipinski definition) is 1. The number of pyridine rings is 2. The molecule has 2 fully saturated rings. The molecular weight excluding hydrogens is 433 g/mol. The van der Waals surface area contributed by atoms with E-state index in [0.717, 1.165) is 18.9 Å². The number of rotatable bonds is 6. The first-order valence-corrected chi connectivity index (χ1v) is 10.7. The van der Waals surface area contributed by atoms with Gasteiger partial charge in [-0.25, -0.2) is 18.9 Å². The van der Waals surface area contributed by atoms with E-state index in [0.29, 0.717) is 37.3 Å². The summed E-state index contributed by atoms with van der Waals surface area (Å²) in [4.78, 5) is 35.1. The molecule has 0 amide bonds. The molecule has 0 radical (unpaired) electrons. The lowest BCUT2D eigenvalue weighted by Crippen LogP contribution is -2.36. The molecule has 0 spiro atoms. The molecule has 1 saturated heterocycles. The van der Waals surface area contributed by atoms with Crippen LogP contribution < -0.4 is 10.3 Å². The number of carboxylic acid groups (broad SMARTS) is 1. The molecule has 1 N–H and O–H groups in total. The highest BCUT2D eigenvalue weighted by molar-refractivity contribution is 5.92. The predicted molar refractivity (Wildman–Crippen MR) is 116 cm³/mol. The fourth-order valence-corrected chi connectivity index (χ4v) is 4.22. The molecule has 0 bridgehead atoms. The van der Waals surface area contributed by atoms with E-state index in [2.05, 4.69) is 25.3 Å². The van der Waals surface area contributed by atoms with Crippen LogP contribution >= 0.6 is 0 Å². The van der Waals surface area contributed by atoms with Gasteiger partial charge >= 0.3 is 5.97 Å². The van der Waals surface area contributed by atoms with Crippen molar-refractivity contribution in [3.8, 4) is 0 Å². The summed E-state index contributed by atoms with van der Waals surface area (Å²) < 4.78 is 18.5. The van der Waals surface area contributed by atoms with E-state index in [1.807, 2.05) is 4.90 Å². The number of anilines is 1. The third-order valence-corrected chi connectivity index (χ3v) is 6.07. The van der Waals surface area contributed by atoms with Crippen molar-refractivity contribution >= 4 is 29.0 Å². The van der Waals surface area contributed by atoms with E-state index in [-0.39, 0.29) is 28.9 Å². The fraction of sp³-hybridized carbons (Fsp3) is 0.429. The number of fused-ring (bicyclic) bond motifs is 1. The van der Waals surface area contributed by atoms with E-state index in [1.54, 1.807) is 15.4 Å². The topological polar surface area (TPSA) is 128 Å². The average Bonchev–Trinajstić information content (AvgIpc) is 3.55. The van der Waals surface area contributed by atoms with E-state index in [9.17, 15) is 14.7 Å². The summed E-state index contributed by atoms with van der Waals surface area (Å²) in [5, 5.41) is 21.2. The van der Waals surface area contributed by atoms with Crippen molar-refractivity contribution in [2.45, 2.75) is 37.8 Å². The Kier molecular flexibility index (Phi) is 5.27. The van der Waals surface area contributed by atoms with Gasteiger partial charge in [0.25, 0.3) is 0 Å². The molecular formula is C21H22FN7O4. The van der Waals surface area contributed by atoms with Gasteiger partial charge in [-0.2, -0.15) is 0 Å². The largest absolute Gasteiger partial charge is 0.477 e. The van der Waals surface area contributed by atoms with Crippen molar-refractivity contribution in [1.29, 1.82) is 0 Å². The number of aromatic carboxylic acids is 1. The van der Waals surface area contributed by atoms with Gasteiger partial charge in [0, 0.05) is 25.3 Å². The molecule has 2 aliphatic rings. The molecule has 1 saturated carbocycles. The van der Waals surface area contributed by atoms with E-state index in [4.69, 9.17) is 0 Å². The van der Waals surface area contributed by atoms with Crippen molar-refractivity contribution in [3.63, 3.8) is 0 Å². The highest BCUT2D eigenvalue weighted by atomic mass is 19.1. The highest BCUT2D eigenvalue weighted by Crippen LogP contribution is 2.37. The smallest absolute Gasteiger partial charge is 0.341 e. The fourth-order valence-electron chi connectivity index (χ4n) is 4.22. The van der Waals surface area contributed by atoms with Crippen LogP contribution in [0, 0.1) is 5.82 Å². The van der Waals surface area contributed by atoms with Gasteiger partial charge in [0.15, 0.2) is 11.6 Å². The number of aromatic nitrogens is 5. The number of oxime groups is 1. The third kappa shape index (κ3) is 3.92. The standard InChI is InChI=1S/C21H22FN7O4/c1-33-23-9-12-10-29(26-25-12)14-4-6-27(7-5-14)20-17(22)8-15-18(30)16(21(31)32)11-28(13-2-3-13)19(15)24-20/h8-11,13-14H,2-7H2,1H3,(H,31,32)/b23-9+. The quantitative estimate of drug-likeness (QED) is 0.441. The lowest BCUT2D eigenvalue weighted by atomic mass is 10.1. The SMILES string of the molecule is CO/N=C/c1cn(C2CCN(c3nc4c(cc3F)c(=O)c(C(=O)O)cn4C3CC3)CC2)nn1. The maximum atomic E-state index is 15.1. The second kappa shape index (κ2) is 8.26. The zero-order chi connectivity index (χ0) is 23.1. The summed E-state index contributed by atoms with van der Waals surface area (Å²) in [6.07, 6.45) is 7.74. The lowest BCUT2D eigenvalue weighted by Gasteiger charge is -2.33. The Morgan fingerprint density at radius 3 is 2.67 bits per heavy atom. The Hall–Kier alpha value is -3.83. The maximum Gasteiger partial charge on any atom is 0.341 e. The van der Waals surface area contributed by atoms with E-state index < -0.39 is 17.2 Å². The molecule has 0 atom stereocenters. The minimum absolute atomic E-state index is 0.00851. The van der Waals surface area contributed by atoms with Gasteiger partial charge in [0.2, 0.25) is 5.43 Å². The molecule has 33 heavy (non-hydrogen) atoms. The number of nitrogens with zero attached hydrogens (tertiary/aromatic N) is 7. The van der Waals surface area contributed by atoms with Crippen LogP contribution in [0.15, 0.2) is 28.4 Å². The summed E-state index contributed by atoms with van der Waals surface area (Å²) in [6.45, 7) is 1.09. The molecule has 3 aromatic heterocycles. The third-order valence-electron chi connectivity index (χ3n) is 6.07. The van der Waals surface area contributed by atoms with Gasteiger partial charge in [-0.05, 0) is 31.7 Å². The summed E-state index contributed by atoms with van der Waals surface area (Å²) in [7, 11) is 1.45. The molecule has 1 aliphatic carbocycles. The molecule has 4 heterocycles. The maximum absolute atomic E-state index is 15.1. The zero-order valence-corrected chi connectivity index (χ0v) is 17.9. The van der Waals surface area contributed by atoms with Crippen LogP contribution in [-0.4, -0.2) is 62.0 Å². The van der Waals surface area contributed by atoms with Gasteiger partial charge in [-0.1, -0.05) is 10.4 Å². The minimum atomic E-state index is -1.33. The second-order valence-corrected chi connectivity index (χ2v) is 8.24. The Morgan fingerprint density at radius 2 is 2.00 bits per heavy atom. The molecule has 5 rings (SSSR count). The van der Waals surface area contributed by atoms with Gasteiger partial charge in [-0.15, -0.1) is 5.10 Å². The molecule has 0 aromatic carbocycles. The van der Waals surface area contributed by atoms with Crippen molar-refractivity contribution in [1.82, 2.24) is 24.5 Å². The van der Waals surface area contributed by atoms with Crippen molar-refractivity contribution < 1.29 is 19.1 Å². The van der Waals surface area contributed by atoms with Gasteiger partial charge < -0.3 is 19.4 Å². The lowest BCUT2D eigenvalue weighted by molar-refractivity contribution is 0.0695. The predicted octanol–water partition coefficient (Wildman–Crippen LogP) is 1.98. The average molecular weight is 455 g/mol. The van der Waals surface area contributed by atoms with Crippen LogP contribution in [0.1, 0.15) is 53.8 Å². The molecule has 12 heteroatoms. The number of carbonyl (C=O) groups is 1. The Labute approximate surface area is 187 Å². The molecule has 3 aromatic rings. The van der Waals surface area contributed by atoms with Crippen molar-refractivity contribution in [2.24, 2.45) is 5.16 Å². The van der Waals surface area contributed by atoms with Crippen LogP contribution in [0.3, 0.4) is 0 Å². The molecule has 172 valence electrons. The van der Waals surface area contributed by atoms with Crippen molar-refractivity contribution in [2.75, 3.05) is 25.1 Å². The normalized spacial score (nSPS) is 17.2. The van der Waals surface area contributed by atoms with Crippen molar-refractivity contribution in [3.05, 3.63) is 45.8 Å². The first kappa shape index (κ1) is 21.0. The molecule has 1 aliphatic heterocycles. The Morgan fingerprint density at radius 1 is 1.24 bits per heavy atom. The Balaban J connectivity index is 1.42. The molecule has 0 unspecified atom stereocenters. The number of hydrogen-bond acceptors (Lipinski definition) is 8. The molecule has 11 nitrogen and oxygen atoms in total. The van der Waals surface area contributed by atoms with Gasteiger partial charge in [-0.3, -0.25) is 4.79 Å². The van der Waals surface area contributed by atoms with Crippen LogP contribution in [-0.2, 0) is 4.84 Å². The van der Waals surface area contributed by atoms with Gasteiger partial charge in [0.05, 0.1) is 23.8 Å². The summed E-state index contributed by atoms with van der Waals surface area (Å²) in [5.41, 5.74) is -0.179. The first-order chi connectivity index (χ1) is 16.0. The van der Waals surface area contributed by atoms with E-state index in [1.165, 1.54) is 19.5 Å². The van der Waals surface area contributed by atoms with Crippen LogP contribution in [0.2, 0.25) is 0 Å². The first-order valence-electron chi connectivity index (χ1n) is 10.7. The monoisotopic (exact) mass is 455 g/mol. The van der Waals surface area contributed by atoms with Crippen LogP contribution in [0.25, 0.3) is 11.0 Å². The zero-order valence-electron chi connectivity index (χ0n) is 17.9. The number of carboxylic acids is 1. The number of halogens is 1. The van der Waals surface area contributed by atoms with E-state index >= 15 is 4.39 Å². The highest BCUT2D eigenvalue weighted by Gasteiger charge is 2.30. The van der Waals surface area contributed by atoms with Crippen LogP contribution in [0.5, 0.6) is 0 Å². The minimum Gasteiger partial charge on any atom is -0.477 e. The summed E-state index contributed by atoms with van der Waals surface area (Å²) in [6, 6.07) is 1.30. The number of piperidine rings is 1. The van der Waals surface area contributed by atoms with Gasteiger partial charge in [0.1, 0.15) is 24.0 Å².